The third-order valence-corrected chi connectivity index (χ3v) is 9.71. The van der Waals surface area contributed by atoms with E-state index >= 15 is 0 Å². The van der Waals surface area contributed by atoms with Crippen LogP contribution in [0, 0.1) is 0 Å². The number of carbonyl (C=O) groups excluding carboxylic acids is 2. The minimum atomic E-state index is -4.64. The molecule has 0 aromatic heterocycles. The molecule has 10 nitrogen and oxygen atoms in total. The van der Waals surface area contributed by atoms with E-state index in [4.69, 9.17) is 23.3 Å². The summed E-state index contributed by atoms with van der Waals surface area (Å²) in [6, 6.07) is 0. The van der Waals surface area contributed by atoms with Gasteiger partial charge in [0.2, 0.25) is 0 Å². The molecule has 0 saturated carbocycles. The van der Waals surface area contributed by atoms with Crippen molar-refractivity contribution in [1.29, 1.82) is 0 Å². The van der Waals surface area contributed by atoms with Crippen LogP contribution in [-0.4, -0.2) is 82.2 Å². The molecule has 0 aromatic rings. The SMILES string of the molecule is CCCC/C=C\CCCCCCCC(=O)O[C@H](COC(=O)CCC/C=C\C/C=C\C/C=C\CC1OC1CCCCC)COP(=O)([O-])OCC[N+](C)(C)C. The van der Waals surface area contributed by atoms with Crippen molar-refractivity contribution in [2.75, 3.05) is 47.5 Å². The maximum Gasteiger partial charge on any atom is 0.306 e. The Hall–Kier alpha value is -2.07. The van der Waals surface area contributed by atoms with Crippen LogP contribution in [0.15, 0.2) is 48.6 Å². The standard InChI is InChI=1S/C42H74NO9P/c1-6-8-10-11-12-13-14-19-22-25-29-33-42(45)51-38(37-50-53(46,47)49-35-34-43(3,4)5)36-48-41(44)32-28-24-21-18-16-15-17-20-23-27-31-40-39(52-40)30-26-9-7-2/h11-12,15,17-18,21,23,27,38-40H,6-10,13-14,16,19-20,22,24-26,28-37H2,1-5H3/b12-11-,17-15-,21-18-,27-23-/t38-,39?,40?/m1/s1. The molecular weight excluding hydrogens is 693 g/mol. The number of nitrogens with zero attached hydrogens (tertiary/aromatic N) is 1. The van der Waals surface area contributed by atoms with E-state index in [0.717, 1.165) is 64.2 Å². The number of carbonyl (C=O) groups is 2. The van der Waals surface area contributed by atoms with Crippen molar-refractivity contribution in [1.82, 2.24) is 0 Å². The van der Waals surface area contributed by atoms with Gasteiger partial charge in [-0.15, -0.1) is 0 Å². The Labute approximate surface area is 322 Å². The Morgan fingerprint density at radius 1 is 0.698 bits per heavy atom. The topological polar surface area (TPSA) is 124 Å². The van der Waals surface area contributed by atoms with E-state index in [1.807, 2.05) is 27.2 Å². The average molecular weight is 768 g/mol. The van der Waals surface area contributed by atoms with Gasteiger partial charge in [-0.05, 0) is 64.2 Å². The van der Waals surface area contributed by atoms with E-state index in [1.165, 1.54) is 38.5 Å². The first-order chi connectivity index (χ1) is 25.5. The number of unbranched alkanes of at least 4 members (excludes halogenated alkanes) is 10. The van der Waals surface area contributed by atoms with E-state index in [2.05, 4.69) is 56.4 Å². The van der Waals surface area contributed by atoms with E-state index in [1.54, 1.807) is 0 Å². The van der Waals surface area contributed by atoms with Gasteiger partial charge in [-0.3, -0.25) is 14.2 Å². The Bertz CT molecular complexity index is 1110. The van der Waals surface area contributed by atoms with Crippen molar-refractivity contribution >= 4 is 19.8 Å². The molecule has 306 valence electrons. The van der Waals surface area contributed by atoms with Crippen LogP contribution in [0.25, 0.3) is 0 Å². The van der Waals surface area contributed by atoms with Gasteiger partial charge in [0.25, 0.3) is 7.82 Å². The largest absolute Gasteiger partial charge is 0.756 e. The zero-order valence-corrected chi connectivity index (χ0v) is 34.8. The third kappa shape index (κ3) is 31.9. The normalized spacial score (nSPS) is 18.0. The van der Waals surface area contributed by atoms with Crippen LogP contribution in [-0.2, 0) is 37.4 Å². The second kappa shape index (κ2) is 31.2. The minimum Gasteiger partial charge on any atom is -0.756 e. The molecule has 3 unspecified atom stereocenters. The predicted octanol–water partition coefficient (Wildman–Crippen LogP) is 9.48. The fourth-order valence-electron chi connectivity index (χ4n) is 5.37. The molecule has 0 N–H and O–H groups in total. The van der Waals surface area contributed by atoms with Crippen LogP contribution < -0.4 is 4.89 Å². The van der Waals surface area contributed by atoms with Crippen molar-refractivity contribution in [3.05, 3.63) is 48.6 Å². The van der Waals surface area contributed by atoms with E-state index in [9.17, 15) is 19.0 Å². The molecule has 1 saturated heterocycles. The van der Waals surface area contributed by atoms with Gasteiger partial charge in [-0.2, -0.15) is 0 Å². The molecule has 11 heteroatoms. The number of phosphoric acid groups is 1. The first kappa shape index (κ1) is 48.9. The first-order valence-electron chi connectivity index (χ1n) is 20.5. The zero-order valence-electron chi connectivity index (χ0n) is 33.9. The molecular formula is C42H74NO9P. The molecule has 1 aliphatic heterocycles. The quantitative estimate of drug-likeness (QED) is 0.0155. The summed E-state index contributed by atoms with van der Waals surface area (Å²) in [4.78, 5) is 37.4. The summed E-state index contributed by atoms with van der Waals surface area (Å²) < 4.78 is 39.4. The molecule has 1 rings (SSSR count). The molecule has 4 atom stereocenters. The lowest BCUT2D eigenvalue weighted by atomic mass is 10.1. The van der Waals surface area contributed by atoms with E-state index in [0.29, 0.717) is 36.1 Å². The van der Waals surface area contributed by atoms with Gasteiger partial charge in [0.15, 0.2) is 6.10 Å². The number of rotatable bonds is 35. The predicted molar refractivity (Wildman–Crippen MR) is 212 cm³/mol. The first-order valence-corrected chi connectivity index (χ1v) is 21.9. The Balaban J connectivity index is 2.34. The fourth-order valence-corrected chi connectivity index (χ4v) is 6.10. The number of allylic oxidation sites excluding steroid dienone is 7. The van der Waals surface area contributed by atoms with Crippen molar-refractivity contribution in [3.63, 3.8) is 0 Å². The van der Waals surface area contributed by atoms with Crippen LogP contribution in [0.3, 0.4) is 0 Å². The van der Waals surface area contributed by atoms with Crippen LogP contribution >= 0.6 is 7.82 Å². The highest BCUT2D eigenvalue weighted by Gasteiger charge is 2.36. The molecule has 1 fully saturated rings. The molecule has 0 aliphatic carbocycles. The number of esters is 2. The fraction of sp³-hybridized carbons (Fsp3) is 0.762. The molecule has 0 aromatic carbocycles. The Kier molecular flexibility index (Phi) is 28.8. The summed E-state index contributed by atoms with van der Waals surface area (Å²) in [7, 11) is 1.12. The van der Waals surface area contributed by atoms with Crippen molar-refractivity contribution in [2.24, 2.45) is 0 Å². The lowest BCUT2D eigenvalue weighted by Gasteiger charge is -2.28. The third-order valence-electron chi connectivity index (χ3n) is 8.75. The smallest absolute Gasteiger partial charge is 0.306 e. The molecule has 53 heavy (non-hydrogen) atoms. The van der Waals surface area contributed by atoms with Crippen LogP contribution in [0.2, 0.25) is 0 Å². The van der Waals surface area contributed by atoms with Gasteiger partial charge in [0.05, 0.1) is 40.0 Å². The second-order valence-electron chi connectivity index (χ2n) is 15.0. The van der Waals surface area contributed by atoms with Crippen molar-refractivity contribution in [3.8, 4) is 0 Å². The number of epoxide rings is 1. The number of hydrogen-bond donors (Lipinski definition) is 0. The minimum absolute atomic E-state index is 0.0445. The van der Waals surface area contributed by atoms with Gasteiger partial charge >= 0.3 is 11.9 Å². The van der Waals surface area contributed by atoms with E-state index < -0.39 is 32.5 Å². The van der Waals surface area contributed by atoms with Gasteiger partial charge in [0, 0.05) is 12.8 Å². The summed E-state index contributed by atoms with van der Waals surface area (Å²) in [6.07, 6.45) is 36.1. The summed E-state index contributed by atoms with van der Waals surface area (Å²) in [5.41, 5.74) is 0. The highest BCUT2D eigenvalue weighted by atomic mass is 31.2. The molecule has 0 amide bonds. The lowest BCUT2D eigenvalue weighted by molar-refractivity contribution is -0.870. The Morgan fingerprint density at radius 3 is 2.02 bits per heavy atom. The number of phosphoric ester groups is 1. The van der Waals surface area contributed by atoms with Gasteiger partial charge in [-0.25, -0.2) is 0 Å². The molecule has 1 heterocycles. The van der Waals surface area contributed by atoms with Gasteiger partial charge < -0.3 is 32.6 Å². The molecule has 0 spiro atoms. The second-order valence-corrected chi connectivity index (χ2v) is 16.4. The summed E-state index contributed by atoms with van der Waals surface area (Å²) in [5.74, 6) is -0.922. The number of ether oxygens (including phenoxy) is 3. The van der Waals surface area contributed by atoms with Crippen LogP contribution in [0.5, 0.6) is 0 Å². The van der Waals surface area contributed by atoms with Gasteiger partial charge in [0.1, 0.15) is 19.8 Å². The molecule has 1 aliphatic rings. The highest BCUT2D eigenvalue weighted by Crippen LogP contribution is 2.38. The summed E-state index contributed by atoms with van der Waals surface area (Å²) in [5, 5.41) is 0. The Morgan fingerprint density at radius 2 is 1.30 bits per heavy atom. The summed E-state index contributed by atoms with van der Waals surface area (Å²) >= 11 is 0. The maximum atomic E-state index is 12.6. The molecule has 0 radical (unpaired) electrons. The monoisotopic (exact) mass is 768 g/mol. The van der Waals surface area contributed by atoms with Crippen molar-refractivity contribution < 1.29 is 46.8 Å². The summed E-state index contributed by atoms with van der Waals surface area (Å²) in [6.45, 7) is 4.05. The maximum absolute atomic E-state index is 12.6. The lowest BCUT2D eigenvalue weighted by Crippen LogP contribution is -2.37. The van der Waals surface area contributed by atoms with Crippen molar-refractivity contribution in [2.45, 2.75) is 161 Å². The average Bonchev–Trinajstić information content (AvgIpc) is 3.86. The number of hydrogen-bond acceptors (Lipinski definition) is 9. The van der Waals surface area contributed by atoms with E-state index in [-0.39, 0.29) is 26.1 Å². The number of quaternary nitrogens is 1. The van der Waals surface area contributed by atoms with Crippen LogP contribution in [0.1, 0.15) is 142 Å². The zero-order chi connectivity index (χ0) is 39.0. The number of likely N-dealkylation sites (N-methyl/N-ethyl adjacent to an activating group) is 1. The van der Waals surface area contributed by atoms with Crippen LogP contribution in [0.4, 0.5) is 0 Å². The highest BCUT2D eigenvalue weighted by molar-refractivity contribution is 7.45. The molecule has 0 bridgehead atoms. The van der Waals surface area contributed by atoms with Gasteiger partial charge in [-0.1, -0.05) is 114 Å².